The average molecular weight is 393 g/mol. The fraction of sp³-hybridized carbons (Fsp3) is 0.400. The number of urea groups is 1. The van der Waals surface area contributed by atoms with Crippen LogP contribution in [0.1, 0.15) is 18.9 Å². The van der Waals surface area contributed by atoms with Gasteiger partial charge in [-0.25, -0.2) is 14.8 Å². The van der Waals surface area contributed by atoms with Crippen LogP contribution < -0.4 is 5.32 Å². The Morgan fingerprint density at radius 2 is 2.19 bits per heavy atom. The number of anilines is 1. The van der Waals surface area contributed by atoms with E-state index in [1.54, 1.807) is 32.9 Å². The lowest BCUT2D eigenvalue weighted by Gasteiger charge is -2.31. The zero-order valence-electron chi connectivity index (χ0n) is 14.0. The molecule has 2 amide bonds. The van der Waals surface area contributed by atoms with Crippen molar-refractivity contribution in [2.45, 2.75) is 18.9 Å². The number of carbonyl (C=O) groups excluding carboxylic acids is 1. The summed E-state index contributed by atoms with van der Waals surface area (Å²) in [6, 6.07) is -0.0632. The molecular weight excluding hydrogens is 376 g/mol. The first-order valence-electron chi connectivity index (χ1n) is 8.16. The van der Waals surface area contributed by atoms with E-state index in [1.807, 2.05) is 12.4 Å². The molecule has 1 aliphatic heterocycles. The minimum Gasteiger partial charge on any atom is -0.322 e. The van der Waals surface area contributed by atoms with Crippen molar-refractivity contribution in [2.24, 2.45) is 7.05 Å². The normalized spacial score (nSPS) is 17.5. The van der Waals surface area contributed by atoms with Gasteiger partial charge in [0.2, 0.25) is 0 Å². The molecule has 0 spiro atoms. The zero-order chi connectivity index (χ0) is 18.1. The van der Waals surface area contributed by atoms with E-state index in [-0.39, 0.29) is 12.1 Å². The van der Waals surface area contributed by atoms with Crippen molar-refractivity contribution in [3.05, 3.63) is 29.1 Å². The van der Waals surface area contributed by atoms with E-state index in [2.05, 4.69) is 25.5 Å². The topological polar surface area (TPSA) is 93.8 Å². The highest BCUT2D eigenvalue weighted by atomic mass is 35.5. The minimum atomic E-state index is -0.166. The van der Waals surface area contributed by atoms with Crippen LogP contribution in [0.25, 0.3) is 11.5 Å². The summed E-state index contributed by atoms with van der Waals surface area (Å²) >= 11 is 7.37. The number of nitrogens with one attached hydrogen (secondary N) is 1. The molecule has 26 heavy (non-hydrogen) atoms. The van der Waals surface area contributed by atoms with E-state index < -0.39 is 0 Å². The maximum Gasteiger partial charge on any atom is 0.323 e. The summed E-state index contributed by atoms with van der Waals surface area (Å²) in [5, 5.41) is 14.1. The number of piperidine rings is 1. The van der Waals surface area contributed by atoms with Gasteiger partial charge in [0, 0.05) is 25.5 Å². The first-order chi connectivity index (χ1) is 12.6. The van der Waals surface area contributed by atoms with Gasteiger partial charge in [0.25, 0.3) is 0 Å². The fourth-order valence-electron chi connectivity index (χ4n) is 2.97. The highest BCUT2D eigenvalue weighted by molar-refractivity contribution is 7.14. The van der Waals surface area contributed by atoms with Crippen LogP contribution in [0.2, 0.25) is 5.15 Å². The largest absolute Gasteiger partial charge is 0.323 e. The van der Waals surface area contributed by atoms with Crippen LogP contribution in [0.3, 0.4) is 0 Å². The number of amides is 2. The number of nitrogens with zero attached hydrogens (tertiary/aromatic N) is 7. The Balaban J connectivity index is 1.43. The number of carbonyl (C=O) groups is 1. The summed E-state index contributed by atoms with van der Waals surface area (Å²) in [5.41, 5.74) is 0.678. The number of halogens is 1. The summed E-state index contributed by atoms with van der Waals surface area (Å²) < 4.78 is 1.74. The van der Waals surface area contributed by atoms with E-state index in [0.29, 0.717) is 34.9 Å². The quantitative estimate of drug-likeness (QED) is 0.739. The van der Waals surface area contributed by atoms with E-state index in [0.717, 1.165) is 12.8 Å². The van der Waals surface area contributed by atoms with Gasteiger partial charge in [0.05, 0.1) is 24.6 Å². The molecule has 4 rings (SSSR count). The number of aromatic nitrogens is 6. The van der Waals surface area contributed by atoms with Gasteiger partial charge >= 0.3 is 6.03 Å². The van der Waals surface area contributed by atoms with Gasteiger partial charge in [0.1, 0.15) is 10.8 Å². The van der Waals surface area contributed by atoms with Crippen molar-refractivity contribution >= 4 is 34.1 Å². The molecule has 0 saturated carbocycles. The van der Waals surface area contributed by atoms with Crippen molar-refractivity contribution in [1.82, 2.24) is 34.4 Å². The second kappa shape index (κ2) is 7.04. The van der Waals surface area contributed by atoms with E-state index in [9.17, 15) is 4.79 Å². The third kappa shape index (κ3) is 3.29. The number of likely N-dealkylation sites (tertiary alicyclic amines) is 1. The molecule has 3 aromatic heterocycles. The first kappa shape index (κ1) is 17.0. The molecule has 136 valence electrons. The first-order valence-corrected chi connectivity index (χ1v) is 9.42. The summed E-state index contributed by atoms with van der Waals surface area (Å²) in [6.45, 7) is 1.28. The van der Waals surface area contributed by atoms with Crippen molar-refractivity contribution in [2.75, 3.05) is 18.4 Å². The lowest BCUT2D eigenvalue weighted by Crippen LogP contribution is -2.43. The third-order valence-corrected chi connectivity index (χ3v) is 5.43. The predicted molar refractivity (Wildman–Crippen MR) is 98.2 cm³/mol. The summed E-state index contributed by atoms with van der Waals surface area (Å²) in [7, 11) is 1.82. The van der Waals surface area contributed by atoms with Gasteiger partial charge in [-0.05, 0) is 12.8 Å². The molecule has 9 nitrogen and oxygen atoms in total. The maximum atomic E-state index is 12.6. The molecule has 1 fully saturated rings. The second-order valence-corrected chi connectivity index (χ2v) is 7.27. The van der Waals surface area contributed by atoms with Crippen molar-refractivity contribution in [1.29, 1.82) is 0 Å². The summed E-state index contributed by atoms with van der Waals surface area (Å²) in [5.74, 6) is 0.662. The fourth-order valence-corrected chi connectivity index (χ4v) is 3.78. The Morgan fingerprint density at radius 1 is 1.38 bits per heavy atom. The van der Waals surface area contributed by atoms with Crippen LogP contribution in [0.4, 0.5) is 9.93 Å². The number of hydrogen-bond acceptors (Lipinski definition) is 6. The maximum absolute atomic E-state index is 12.6. The average Bonchev–Trinajstić information content (AvgIpc) is 3.39. The van der Waals surface area contributed by atoms with Crippen LogP contribution >= 0.6 is 22.9 Å². The lowest BCUT2D eigenvalue weighted by molar-refractivity contribution is 0.169. The van der Waals surface area contributed by atoms with Crippen molar-refractivity contribution in [3.8, 4) is 11.5 Å². The van der Waals surface area contributed by atoms with Gasteiger partial charge in [-0.15, -0.1) is 11.3 Å². The van der Waals surface area contributed by atoms with Gasteiger partial charge in [-0.1, -0.05) is 11.6 Å². The number of thiazole rings is 1. The second-order valence-electron chi connectivity index (χ2n) is 6.02. The Hall–Kier alpha value is -2.46. The Kier molecular flexibility index (Phi) is 4.60. The SMILES string of the molecule is Cn1c(Cl)cnc1-c1csc(NC(=O)N2CCCC(n3nccn3)C2)n1. The van der Waals surface area contributed by atoms with E-state index >= 15 is 0 Å². The molecule has 4 heterocycles. The number of imidazole rings is 1. The van der Waals surface area contributed by atoms with Crippen LogP contribution in [0.15, 0.2) is 24.0 Å². The predicted octanol–water partition coefficient (Wildman–Crippen LogP) is 2.66. The van der Waals surface area contributed by atoms with Crippen LogP contribution in [0, 0.1) is 0 Å². The standard InChI is InChI=1S/C15H17ClN8OS/c1-22-12(16)7-17-13(22)11-9-26-14(20-11)21-15(25)23-6-2-3-10(8-23)24-18-4-5-19-24/h4-5,7,9-10H,2-3,6,8H2,1H3,(H,20,21,25). The molecule has 3 aromatic rings. The minimum absolute atomic E-state index is 0.103. The Morgan fingerprint density at radius 3 is 2.92 bits per heavy atom. The van der Waals surface area contributed by atoms with Crippen LogP contribution in [0.5, 0.6) is 0 Å². The Bertz CT molecular complexity index is 905. The molecule has 0 bridgehead atoms. The number of rotatable bonds is 3. The monoisotopic (exact) mass is 392 g/mol. The Labute approximate surface area is 158 Å². The number of hydrogen-bond donors (Lipinski definition) is 1. The molecule has 1 N–H and O–H groups in total. The molecule has 0 radical (unpaired) electrons. The van der Waals surface area contributed by atoms with Gasteiger partial charge in [-0.3, -0.25) is 5.32 Å². The zero-order valence-corrected chi connectivity index (χ0v) is 15.6. The summed E-state index contributed by atoms with van der Waals surface area (Å²) in [4.78, 5) is 24.7. The van der Waals surface area contributed by atoms with Gasteiger partial charge < -0.3 is 9.47 Å². The highest BCUT2D eigenvalue weighted by Crippen LogP contribution is 2.26. The van der Waals surface area contributed by atoms with Crippen molar-refractivity contribution < 1.29 is 4.79 Å². The molecule has 1 aliphatic rings. The molecule has 1 unspecified atom stereocenters. The van der Waals surface area contributed by atoms with Crippen LogP contribution in [-0.4, -0.2) is 53.5 Å². The van der Waals surface area contributed by atoms with E-state index in [1.165, 1.54) is 11.3 Å². The molecule has 1 atom stereocenters. The van der Waals surface area contributed by atoms with Crippen molar-refractivity contribution in [3.63, 3.8) is 0 Å². The lowest BCUT2D eigenvalue weighted by atomic mass is 10.1. The highest BCUT2D eigenvalue weighted by Gasteiger charge is 2.26. The molecule has 1 saturated heterocycles. The molecule has 0 aliphatic carbocycles. The smallest absolute Gasteiger partial charge is 0.322 e. The van der Waals surface area contributed by atoms with Crippen LogP contribution in [-0.2, 0) is 7.05 Å². The molecule has 0 aromatic carbocycles. The molecule has 11 heteroatoms. The summed E-state index contributed by atoms with van der Waals surface area (Å²) in [6.07, 6.45) is 6.75. The van der Waals surface area contributed by atoms with Gasteiger partial charge in [0.15, 0.2) is 11.0 Å². The van der Waals surface area contributed by atoms with E-state index in [4.69, 9.17) is 11.6 Å². The van der Waals surface area contributed by atoms with Gasteiger partial charge in [-0.2, -0.15) is 15.0 Å². The third-order valence-electron chi connectivity index (χ3n) is 4.33. The molecular formula is C15H17ClN8OS.